The first-order chi connectivity index (χ1) is 10.8. The highest BCUT2D eigenvalue weighted by atomic mass is 16.5. The monoisotopic (exact) mass is 296 g/mol. The summed E-state index contributed by atoms with van der Waals surface area (Å²) in [4.78, 5) is 18.9. The predicted octanol–water partition coefficient (Wildman–Crippen LogP) is 3.81. The number of nitrogens with zero attached hydrogens (tertiary/aromatic N) is 2. The van der Waals surface area contributed by atoms with Crippen LogP contribution in [0.15, 0.2) is 42.6 Å². The zero-order chi connectivity index (χ0) is 15.4. The van der Waals surface area contributed by atoms with Crippen LogP contribution in [0.3, 0.4) is 0 Å². The van der Waals surface area contributed by atoms with Crippen molar-refractivity contribution in [2.24, 2.45) is 0 Å². The van der Waals surface area contributed by atoms with E-state index in [0.717, 1.165) is 37.2 Å². The Kier molecular flexibility index (Phi) is 4.37. The SMILES string of the molecule is Cc1ccccc1Oc1ncccc1C(=O)N1CCCCC1. The Morgan fingerprint density at radius 3 is 2.64 bits per heavy atom. The first-order valence-electron chi connectivity index (χ1n) is 7.73. The van der Waals surface area contributed by atoms with Gasteiger partial charge in [0, 0.05) is 19.3 Å². The van der Waals surface area contributed by atoms with Crippen molar-refractivity contribution >= 4 is 5.91 Å². The van der Waals surface area contributed by atoms with Crippen LogP contribution in [0.1, 0.15) is 35.2 Å². The largest absolute Gasteiger partial charge is 0.438 e. The van der Waals surface area contributed by atoms with Crippen molar-refractivity contribution in [2.75, 3.05) is 13.1 Å². The van der Waals surface area contributed by atoms with Crippen molar-refractivity contribution in [1.82, 2.24) is 9.88 Å². The highest BCUT2D eigenvalue weighted by Crippen LogP contribution is 2.27. The zero-order valence-electron chi connectivity index (χ0n) is 12.8. The number of aromatic nitrogens is 1. The number of ether oxygens (including phenoxy) is 1. The van der Waals surface area contributed by atoms with Crippen molar-refractivity contribution < 1.29 is 9.53 Å². The summed E-state index contributed by atoms with van der Waals surface area (Å²) in [5.41, 5.74) is 1.55. The number of benzene rings is 1. The molecule has 4 nitrogen and oxygen atoms in total. The number of amides is 1. The van der Waals surface area contributed by atoms with E-state index in [1.165, 1.54) is 6.42 Å². The van der Waals surface area contributed by atoms with Crippen molar-refractivity contribution in [3.05, 3.63) is 53.7 Å². The minimum atomic E-state index is 0.0105. The van der Waals surface area contributed by atoms with Crippen LogP contribution in [0.2, 0.25) is 0 Å². The van der Waals surface area contributed by atoms with Gasteiger partial charge in [0.25, 0.3) is 5.91 Å². The molecule has 4 heteroatoms. The average molecular weight is 296 g/mol. The summed E-state index contributed by atoms with van der Waals surface area (Å²) in [5, 5.41) is 0. The number of hydrogen-bond donors (Lipinski definition) is 0. The molecule has 0 spiro atoms. The summed E-state index contributed by atoms with van der Waals surface area (Å²) < 4.78 is 5.89. The van der Waals surface area contributed by atoms with Crippen LogP contribution in [-0.4, -0.2) is 28.9 Å². The number of piperidine rings is 1. The molecule has 1 aliphatic heterocycles. The molecule has 0 aliphatic carbocycles. The third-order valence-corrected chi connectivity index (χ3v) is 3.95. The summed E-state index contributed by atoms with van der Waals surface area (Å²) in [7, 11) is 0. The molecule has 0 N–H and O–H groups in total. The van der Waals surface area contributed by atoms with Gasteiger partial charge in [0.15, 0.2) is 0 Å². The third kappa shape index (κ3) is 3.11. The summed E-state index contributed by atoms with van der Waals surface area (Å²) in [5.74, 6) is 1.12. The second kappa shape index (κ2) is 6.60. The highest BCUT2D eigenvalue weighted by molar-refractivity contribution is 5.96. The van der Waals surface area contributed by atoms with E-state index < -0.39 is 0 Å². The van der Waals surface area contributed by atoms with Crippen molar-refractivity contribution in [1.29, 1.82) is 0 Å². The van der Waals surface area contributed by atoms with Crippen LogP contribution in [0.5, 0.6) is 11.6 Å². The molecule has 0 unspecified atom stereocenters. The van der Waals surface area contributed by atoms with Gasteiger partial charge in [-0.05, 0) is 49.9 Å². The van der Waals surface area contributed by atoms with Gasteiger partial charge in [-0.1, -0.05) is 18.2 Å². The van der Waals surface area contributed by atoms with Gasteiger partial charge in [-0.15, -0.1) is 0 Å². The molecule has 1 amide bonds. The van der Waals surface area contributed by atoms with E-state index in [0.29, 0.717) is 11.4 Å². The topological polar surface area (TPSA) is 42.4 Å². The molecule has 0 radical (unpaired) electrons. The van der Waals surface area contributed by atoms with Crippen LogP contribution in [0.25, 0.3) is 0 Å². The maximum atomic E-state index is 12.7. The van der Waals surface area contributed by atoms with Gasteiger partial charge in [-0.3, -0.25) is 4.79 Å². The van der Waals surface area contributed by atoms with Crippen LogP contribution in [-0.2, 0) is 0 Å². The molecule has 3 rings (SSSR count). The van der Waals surface area contributed by atoms with E-state index in [1.54, 1.807) is 18.3 Å². The molecule has 0 atom stereocenters. The lowest BCUT2D eigenvalue weighted by Gasteiger charge is -2.27. The van der Waals surface area contributed by atoms with E-state index in [-0.39, 0.29) is 5.91 Å². The number of para-hydroxylation sites is 1. The average Bonchev–Trinajstić information content (AvgIpc) is 2.58. The maximum Gasteiger partial charge on any atom is 0.259 e. The fourth-order valence-electron chi connectivity index (χ4n) is 2.68. The Morgan fingerprint density at radius 2 is 1.86 bits per heavy atom. The number of likely N-dealkylation sites (tertiary alicyclic amines) is 1. The Balaban J connectivity index is 1.86. The number of rotatable bonds is 3. The van der Waals surface area contributed by atoms with Crippen LogP contribution >= 0.6 is 0 Å². The molecule has 1 aliphatic rings. The van der Waals surface area contributed by atoms with Crippen molar-refractivity contribution in [3.63, 3.8) is 0 Å². The molecule has 1 fully saturated rings. The maximum absolute atomic E-state index is 12.7. The molecule has 0 bridgehead atoms. The number of aryl methyl sites for hydroxylation is 1. The smallest absolute Gasteiger partial charge is 0.259 e. The standard InChI is InChI=1S/C18H20N2O2/c1-14-8-3-4-10-16(14)22-17-15(9-7-11-19-17)18(21)20-12-5-2-6-13-20/h3-4,7-11H,2,5-6,12-13H2,1H3. The quantitative estimate of drug-likeness (QED) is 0.865. The zero-order valence-corrected chi connectivity index (χ0v) is 12.8. The fraction of sp³-hybridized carbons (Fsp3) is 0.333. The first kappa shape index (κ1) is 14.6. The first-order valence-corrected chi connectivity index (χ1v) is 7.73. The van der Waals surface area contributed by atoms with Gasteiger partial charge in [0.2, 0.25) is 5.88 Å². The van der Waals surface area contributed by atoms with Crippen molar-refractivity contribution in [3.8, 4) is 11.6 Å². The van der Waals surface area contributed by atoms with Gasteiger partial charge in [-0.25, -0.2) is 4.98 Å². The number of carbonyl (C=O) groups is 1. The van der Waals surface area contributed by atoms with E-state index in [9.17, 15) is 4.79 Å². The molecule has 114 valence electrons. The predicted molar refractivity (Wildman–Crippen MR) is 85.2 cm³/mol. The Bertz CT molecular complexity index is 664. The molecule has 2 aromatic rings. The molecule has 1 aromatic carbocycles. The van der Waals surface area contributed by atoms with Gasteiger partial charge in [-0.2, -0.15) is 0 Å². The highest BCUT2D eigenvalue weighted by Gasteiger charge is 2.22. The summed E-state index contributed by atoms with van der Waals surface area (Å²) >= 11 is 0. The molecule has 1 aromatic heterocycles. The summed E-state index contributed by atoms with van der Waals surface area (Å²) in [6, 6.07) is 11.3. The molecule has 2 heterocycles. The summed E-state index contributed by atoms with van der Waals surface area (Å²) in [6.07, 6.45) is 4.99. The van der Waals surface area contributed by atoms with E-state index >= 15 is 0 Å². The lowest BCUT2D eigenvalue weighted by molar-refractivity contribution is 0.0721. The van der Waals surface area contributed by atoms with Gasteiger partial charge in [0.1, 0.15) is 11.3 Å². The van der Waals surface area contributed by atoms with Gasteiger partial charge < -0.3 is 9.64 Å². The lowest BCUT2D eigenvalue weighted by atomic mass is 10.1. The van der Waals surface area contributed by atoms with Crippen LogP contribution in [0, 0.1) is 6.92 Å². The summed E-state index contributed by atoms with van der Waals surface area (Å²) in [6.45, 7) is 3.61. The molecule has 22 heavy (non-hydrogen) atoms. The molecule has 0 saturated carbocycles. The second-order valence-corrected chi connectivity index (χ2v) is 5.58. The van der Waals surface area contributed by atoms with E-state index in [2.05, 4.69) is 4.98 Å². The minimum absolute atomic E-state index is 0.0105. The van der Waals surface area contributed by atoms with Crippen molar-refractivity contribution in [2.45, 2.75) is 26.2 Å². The Labute approximate surface area is 130 Å². The minimum Gasteiger partial charge on any atom is -0.438 e. The second-order valence-electron chi connectivity index (χ2n) is 5.58. The molecular weight excluding hydrogens is 276 g/mol. The van der Waals surface area contributed by atoms with E-state index in [4.69, 9.17) is 4.74 Å². The fourth-order valence-corrected chi connectivity index (χ4v) is 2.68. The normalized spacial score (nSPS) is 14.7. The van der Waals surface area contributed by atoms with Gasteiger partial charge >= 0.3 is 0 Å². The molecule has 1 saturated heterocycles. The number of hydrogen-bond acceptors (Lipinski definition) is 3. The Hall–Kier alpha value is -2.36. The van der Waals surface area contributed by atoms with Crippen LogP contribution in [0.4, 0.5) is 0 Å². The lowest BCUT2D eigenvalue weighted by Crippen LogP contribution is -2.35. The number of carbonyl (C=O) groups excluding carboxylic acids is 1. The van der Waals surface area contributed by atoms with E-state index in [1.807, 2.05) is 36.1 Å². The third-order valence-electron chi connectivity index (χ3n) is 3.95. The Morgan fingerprint density at radius 1 is 1.09 bits per heavy atom. The number of pyridine rings is 1. The van der Waals surface area contributed by atoms with Gasteiger partial charge in [0.05, 0.1) is 0 Å². The van der Waals surface area contributed by atoms with Crippen LogP contribution < -0.4 is 4.74 Å². The molecular formula is C18H20N2O2.